The van der Waals surface area contributed by atoms with Gasteiger partial charge in [0.25, 0.3) is 0 Å². The third kappa shape index (κ3) is 3.71. The van der Waals surface area contributed by atoms with Crippen molar-refractivity contribution in [1.82, 2.24) is 9.03 Å². The third-order valence-electron chi connectivity index (χ3n) is 4.14. The first-order chi connectivity index (χ1) is 10.8. The monoisotopic (exact) mass is 378 g/mol. The van der Waals surface area contributed by atoms with Crippen LogP contribution in [0, 0.1) is 0 Å². The van der Waals surface area contributed by atoms with Gasteiger partial charge in [0.2, 0.25) is 20.0 Å². The smallest absolute Gasteiger partial charge is 0.212 e. The number of sulfonamides is 2. The average Bonchev–Trinajstić information content (AvgIpc) is 3.32. The molecule has 1 aliphatic carbocycles. The molecular weight excluding hydrogens is 360 g/mol. The Morgan fingerprint density at radius 1 is 1.09 bits per heavy atom. The van der Waals surface area contributed by atoms with Crippen molar-refractivity contribution in [1.29, 1.82) is 0 Å². The molecule has 128 valence electrons. The van der Waals surface area contributed by atoms with E-state index >= 15 is 0 Å². The Labute approximate surface area is 141 Å². The Morgan fingerprint density at radius 3 is 2.43 bits per heavy atom. The maximum Gasteiger partial charge on any atom is 0.242 e. The molecule has 0 bridgehead atoms. The fourth-order valence-corrected chi connectivity index (χ4v) is 6.50. The van der Waals surface area contributed by atoms with Crippen molar-refractivity contribution in [2.45, 2.75) is 41.9 Å². The Hall–Kier alpha value is -0.670. The SMILES string of the molecule is O=S(=O)(N[C@@H]1CCCN(S(=O)(=O)C2CC2)C1)c1ccccc1Cl. The van der Waals surface area contributed by atoms with Gasteiger partial charge in [0, 0.05) is 19.1 Å². The van der Waals surface area contributed by atoms with Gasteiger partial charge in [-0.15, -0.1) is 0 Å². The average molecular weight is 379 g/mol. The maximum absolute atomic E-state index is 12.5. The highest BCUT2D eigenvalue weighted by Gasteiger charge is 2.42. The predicted octanol–water partition coefficient (Wildman–Crippen LogP) is 1.57. The van der Waals surface area contributed by atoms with E-state index in [1.807, 2.05) is 0 Å². The normalized spacial score (nSPS) is 23.8. The number of piperidine rings is 1. The first-order valence-electron chi connectivity index (χ1n) is 7.56. The molecule has 0 amide bonds. The molecule has 23 heavy (non-hydrogen) atoms. The van der Waals surface area contributed by atoms with E-state index in [0.717, 1.165) is 0 Å². The zero-order valence-electron chi connectivity index (χ0n) is 12.5. The van der Waals surface area contributed by atoms with Crippen LogP contribution in [0.5, 0.6) is 0 Å². The lowest BCUT2D eigenvalue weighted by Gasteiger charge is -2.32. The molecule has 1 heterocycles. The van der Waals surface area contributed by atoms with Crippen LogP contribution >= 0.6 is 11.6 Å². The molecule has 9 heteroatoms. The van der Waals surface area contributed by atoms with Gasteiger partial charge in [-0.25, -0.2) is 25.9 Å². The van der Waals surface area contributed by atoms with Crippen LogP contribution in [0.1, 0.15) is 25.7 Å². The van der Waals surface area contributed by atoms with Crippen molar-refractivity contribution in [3.8, 4) is 0 Å². The Balaban J connectivity index is 1.74. The number of nitrogens with one attached hydrogen (secondary N) is 1. The minimum Gasteiger partial charge on any atom is -0.212 e. The van der Waals surface area contributed by atoms with Crippen LogP contribution < -0.4 is 4.72 Å². The van der Waals surface area contributed by atoms with Gasteiger partial charge in [0.1, 0.15) is 4.90 Å². The van der Waals surface area contributed by atoms with Gasteiger partial charge < -0.3 is 0 Å². The van der Waals surface area contributed by atoms with Gasteiger partial charge in [0.15, 0.2) is 0 Å². The predicted molar refractivity (Wildman–Crippen MR) is 88.3 cm³/mol. The second-order valence-electron chi connectivity index (χ2n) is 5.99. The van der Waals surface area contributed by atoms with Gasteiger partial charge in [-0.1, -0.05) is 23.7 Å². The van der Waals surface area contributed by atoms with E-state index in [9.17, 15) is 16.8 Å². The van der Waals surface area contributed by atoms with Crippen LogP contribution in [-0.4, -0.2) is 45.5 Å². The summed E-state index contributed by atoms with van der Waals surface area (Å²) in [5.41, 5.74) is 0. The number of benzene rings is 1. The van der Waals surface area contributed by atoms with Crippen molar-refractivity contribution in [3.63, 3.8) is 0 Å². The topological polar surface area (TPSA) is 83.6 Å². The standard InChI is InChI=1S/C14H19ClN2O4S2/c15-13-5-1-2-6-14(13)22(18,19)16-11-4-3-9-17(10-11)23(20,21)12-7-8-12/h1-2,5-6,11-12,16H,3-4,7-10H2/t11-/m1/s1. The first kappa shape index (κ1) is 17.2. The molecule has 1 aromatic rings. The van der Waals surface area contributed by atoms with E-state index in [1.54, 1.807) is 12.1 Å². The molecular formula is C14H19ClN2O4S2. The molecule has 6 nitrogen and oxygen atoms in total. The van der Waals surface area contributed by atoms with E-state index < -0.39 is 26.1 Å². The fourth-order valence-electron chi connectivity index (χ4n) is 2.79. The summed E-state index contributed by atoms with van der Waals surface area (Å²) in [7, 11) is -7.05. The van der Waals surface area contributed by atoms with Crippen molar-refractivity contribution < 1.29 is 16.8 Å². The van der Waals surface area contributed by atoms with Crippen molar-refractivity contribution >= 4 is 31.6 Å². The summed E-state index contributed by atoms with van der Waals surface area (Å²) < 4.78 is 53.6. The minimum absolute atomic E-state index is 0.0174. The molecule has 0 spiro atoms. The summed E-state index contributed by atoms with van der Waals surface area (Å²) in [5.74, 6) is 0. The van der Waals surface area contributed by atoms with E-state index in [1.165, 1.54) is 16.4 Å². The quantitative estimate of drug-likeness (QED) is 0.843. The number of rotatable bonds is 5. The Bertz CT molecular complexity index is 791. The summed E-state index contributed by atoms with van der Waals surface area (Å²) in [6.07, 6.45) is 2.66. The number of nitrogens with zero attached hydrogens (tertiary/aromatic N) is 1. The molecule has 1 atom stereocenters. The van der Waals surface area contributed by atoms with Crippen LogP contribution in [0.4, 0.5) is 0 Å². The van der Waals surface area contributed by atoms with Crippen molar-refractivity contribution in [2.75, 3.05) is 13.1 Å². The van der Waals surface area contributed by atoms with E-state index in [2.05, 4.69) is 4.72 Å². The molecule has 1 N–H and O–H groups in total. The van der Waals surface area contributed by atoms with Gasteiger partial charge in [-0.3, -0.25) is 0 Å². The van der Waals surface area contributed by atoms with Crippen LogP contribution in [0.25, 0.3) is 0 Å². The lowest BCUT2D eigenvalue weighted by atomic mass is 10.1. The molecule has 1 aliphatic heterocycles. The van der Waals surface area contributed by atoms with Gasteiger partial charge in [-0.05, 0) is 37.8 Å². The zero-order valence-corrected chi connectivity index (χ0v) is 14.9. The summed E-state index contributed by atoms with van der Waals surface area (Å²) in [6.45, 7) is 0.645. The summed E-state index contributed by atoms with van der Waals surface area (Å²) in [6, 6.07) is 5.78. The van der Waals surface area contributed by atoms with Crippen LogP contribution in [0.2, 0.25) is 5.02 Å². The number of hydrogen-bond acceptors (Lipinski definition) is 4. The molecule has 0 unspecified atom stereocenters. The van der Waals surface area contributed by atoms with E-state index in [-0.39, 0.29) is 21.7 Å². The molecule has 3 rings (SSSR count). The highest BCUT2D eigenvalue weighted by molar-refractivity contribution is 7.90. The Morgan fingerprint density at radius 2 is 1.78 bits per heavy atom. The highest BCUT2D eigenvalue weighted by Crippen LogP contribution is 2.32. The summed E-state index contributed by atoms with van der Waals surface area (Å²) in [4.78, 5) is 0.0174. The fraction of sp³-hybridized carbons (Fsp3) is 0.571. The van der Waals surface area contributed by atoms with Gasteiger partial charge >= 0.3 is 0 Å². The first-order valence-corrected chi connectivity index (χ1v) is 10.9. The lowest BCUT2D eigenvalue weighted by Crippen LogP contribution is -2.50. The highest BCUT2D eigenvalue weighted by atomic mass is 35.5. The Kier molecular flexibility index (Phi) is 4.72. The summed E-state index contributed by atoms with van der Waals surface area (Å²) >= 11 is 5.95. The van der Waals surface area contributed by atoms with Crippen LogP contribution in [0.3, 0.4) is 0 Å². The second-order valence-corrected chi connectivity index (χ2v) is 10.3. The molecule has 2 fully saturated rings. The number of halogens is 1. The zero-order chi connectivity index (χ0) is 16.7. The van der Waals surface area contributed by atoms with Gasteiger partial charge in [0.05, 0.1) is 10.3 Å². The van der Waals surface area contributed by atoms with Crippen molar-refractivity contribution in [3.05, 3.63) is 29.3 Å². The maximum atomic E-state index is 12.5. The van der Waals surface area contributed by atoms with Crippen LogP contribution in [-0.2, 0) is 20.0 Å². The lowest BCUT2D eigenvalue weighted by molar-refractivity contribution is 0.303. The largest absolute Gasteiger partial charge is 0.242 e. The second kappa shape index (κ2) is 6.33. The molecule has 0 aromatic heterocycles. The molecule has 0 radical (unpaired) electrons. The van der Waals surface area contributed by atoms with E-state index in [4.69, 9.17) is 11.6 Å². The molecule has 1 aromatic carbocycles. The number of hydrogen-bond donors (Lipinski definition) is 1. The third-order valence-corrected chi connectivity index (χ3v) is 8.52. The van der Waals surface area contributed by atoms with Gasteiger partial charge in [-0.2, -0.15) is 0 Å². The molecule has 1 saturated heterocycles. The molecule has 2 aliphatic rings. The minimum atomic E-state index is -3.77. The van der Waals surface area contributed by atoms with Crippen molar-refractivity contribution in [2.24, 2.45) is 0 Å². The summed E-state index contributed by atoms with van der Waals surface area (Å²) in [5, 5.41) is -0.125. The molecule has 1 saturated carbocycles. The van der Waals surface area contributed by atoms with Crippen LogP contribution in [0.15, 0.2) is 29.2 Å². The van der Waals surface area contributed by atoms with E-state index in [0.29, 0.717) is 32.2 Å².